The van der Waals surface area contributed by atoms with E-state index in [0.29, 0.717) is 35.0 Å². The molecule has 1 heterocycles. The maximum atomic E-state index is 13.3. The summed E-state index contributed by atoms with van der Waals surface area (Å²) < 4.78 is 4.91. The van der Waals surface area contributed by atoms with Crippen molar-refractivity contribution < 1.29 is 23.9 Å². The van der Waals surface area contributed by atoms with E-state index in [-0.39, 0.29) is 36.2 Å². The molecule has 1 aromatic carbocycles. The van der Waals surface area contributed by atoms with Gasteiger partial charge in [-0.05, 0) is 43.7 Å². The number of rotatable bonds is 10. The van der Waals surface area contributed by atoms with Gasteiger partial charge >= 0.3 is 5.97 Å². The predicted molar refractivity (Wildman–Crippen MR) is 129 cm³/mol. The number of hydrogen-bond acceptors (Lipinski definition) is 5. The Morgan fingerprint density at radius 1 is 1.18 bits per heavy atom. The van der Waals surface area contributed by atoms with Crippen molar-refractivity contribution in [2.45, 2.75) is 63.8 Å². The van der Waals surface area contributed by atoms with E-state index < -0.39 is 17.9 Å². The fraction of sp³-hybridized carbons (Fsp3) is 0.538. The Morgan fingerprint density at radius 3 is 2.65 bits per heavy atom. The molecule has 2 aromatic rings. The summed E-state index contributed by atoms with van der Waals surface area (Å²) in [6.07, 6.45) is 5.98. The van der Waals surface area contributed by atoms with Crippen molar-refractivity contribution in [3.63, 3.8) is 0 Å². The first-order valence-corrected chi connectivity index (χ1v) is 12.4. The number of para-hydroxylation sites is 1. The predicted octanol–water partition coefficient (Wildman–Crippen LogP) is 4.62. The van der Waals surface area contributed by atoms with Crippen LogP contribution in [0.3, 0.4) is 0 Å². The van der Waals surface area contributed by atoms with E-state index in [9.17, 15) is 19.2 Å². The van der Waals surface area contributed by atoms with Gasteiger partial charge in [-0.1, -0.05) is 43.0 Å². The SMILES string of the molecule is COC(=O)[C@H](C[C@@H]1CCCCC1=O)NC(=O)[C@@H](CC(=O)c1cc2cccc(Cl)c2[nH]1)CC1CC1. The van der Waals surface area contributed by atoms with Crippen LogP contribution in [0.5, 0.6) is 0 Å². The number of ether oxygens (including phenoxy) is 1. The van der Waals surface area contributed by atoms with Crippen LogP contribution >= 0.6 is 11.6 Å². The number of hydrogen-bond donors (Lipinski definition) is 2. The van der Waals surface area contributed by atoms with Crippen LogP contribution in [0.25, 0.3) is 10.9 Å². The van der Waals surface area contributed by atoms with Crippen molar-refractivity contribution in [1.29, 1.82) is 0 Å². The number of fused-ring (bicyclic) bond motifs is 1. The molecule has 2 aliphatic rings. The number of carbonyl (C=O) groups excluding carboxylic acids is 4. The highest BCUT2D eigenvalue weighted by molar-refractivity contribution is 6.35. The smallest absolute Gasteiger partial charge is 0.328 e. The van der Waals surface area contributed by atoms with Gasteiger partial charge in [0.2, 0.25) is 5.91 Å². The fourth-order valence-electron chi connectivity index (χ4n) is 4.88. The van der Waals surface area contributed by atoms with Crippen LogP contribution in [0.1, 0.15) is 68.3 Å². The average molecular weight is 487 g/mol. The van der Waals surface area contributed by atoms with E-state index >= 15 is 0 Å². The van der Waals surface area contributed by atoms with Crippen LogP contribution in [0.2, 0.25) is 5.02 Å². The van der Waals surface area contributed by atoms with Gasteiger partial charge in [0.15, 0.2) is 5.78 Å². The number of esters is 1. The largest absolute Gasteiger partial charge is 0.467 e. The highest BCUT2D eigenvalue weighted by atomic mass is 35.5. The third kappa shape index (κ3) is 5.87. The minimum Gasteiger partial charge on any atom is -0.467 e. The van der Waals surface area contributed by atoms with Gasteiger partial charge in [0.1, 0.15) is 11.8 Å². The summed E-state index contributed by atoms with van der Waals surface area (Å²) in [5.41, 5.74) is 1.10. The van der Waals surface area contributed by atoms with Crippen molar-refractivity contribution >= 4 is 45.9 Å². The number of aromatic nitrogens is 1. The van der Waals surface area contributed by atoms with E-state index in [2.05, 4.69) is 10.3 Å². The number of nitrogens with one attached hydrogen (secondary N) is 2. The monoisotopic (exact) mass is 486 g/mol. The van der Waals surface area contributed by atoms with Gasteiger partial charge < -0.3 is 15.0 Å². The van der Waals surface area contributed by atoms with Crippen molar-refractivity contribution in [1.82, 2.24) is 10.3 Å². The summed E-state index contributed by atoms with van der Waals surface area (Å²) >= 11 is 6.22. The molecule has 0 radical (unpaired) electrons. The topological polar surface area (TPSA) is 105 Å². The van der Waals surface area contributed by atoms with E-state index in [1.165, 1.54) is 7.11 Å². The van der Waals surface area contributed by atoms with Crippen LogP contribution < -0.4 is 5.32 Å². The Hall–Kier alpha value is -2.67. The summed E-state index contributed by atoms with van der Waals surface area (Å²) in [6, 6.07) is 6.30. The van der Waals surface area contributed by atoms with Crippen LogP contribution in [0, 0.1) is 17.8 Å². The third-order valence-corrected chi connectivity index (χ3v) is 7.34. The van der Waals surface area contributed by atoms with Crippen LogP contribution in [0.4, 0.5) is 0 Å². The molecule has 1 aromatic heterocycles. The second kappa shape index (κ2) is 10.7. The van der Waals surface area contributed by atoms with Crippen LogP contribution in [-0.4, -0.2) is 41.6 Å². The zero-order valence-electron chi connectivity index (χ0n) is 19.4. The number of methoxy groups -OCH3 is 1. The molecular formula is C26H31ClN2O5. The molecule has 0 saturated heterocycles. The van der Waals surface area contributed by atoms with Gasteiger partial charge in [0.05, 0.1) is 23.3 Å². The lowest BCUT2D eigenvalue weighted by molar-refractivity contribution is -0.146. The lowest BCUT2D eigenvalue weighted by Crippen LogP contribution is -2.46. The number of carbonyl (C=O) groups is 4. The molecule has 182 valence electrons. The molecule has 0 spiro atoms. The maximum Gasteiger partial charge on any atom is 0.328 e. The molecule has 7 nitrogen and oxygen atoms in total. The number of halogens is 1. The molecule has 0 aliphatic heterocycles. The fourth-order valence-corrected chi connectivity index (χ4v) is 5.11. The van der Waals surface area contributed by atoms with E-state index in [0.717, 1.165) is 37.5 Å². The summed E-state index contributed by atoms with van der Waals surface area (Å²) in [5, 5.41) is 4.18. The lowest BCUT2D eigenvalue weighted by atomic mass is 9.83. The normalized spacial score (nSPS) is 20.1. The number of H-pyrrole nitrogens is 1. The van der Waals surface area contributed by atoms with Gasteiger partial charge in [0.25, 0.3) is 0 Å². The third-order valence-electron chi connectivity index (χ3n) is 7.03. The molecule has 2 fully saturated rings. The Kier molecular flexibility index (Phi) is 7.71. The minimum absolute atomic E-state index is 0.0308. The number of ketones is 2. The average Bonchev–Trinajstić information content (AvgIpc) is 3.53. The van der Waals surface area contributed by atoms with Gasteiger partial charge in [-0.15, -0.1) is 0 Å². The Labute approximate surface area is 203 Å². The van der Waals surface area contributed by atoms with E-state index in [1.807, 2.05) is 12.1 Å². The van der Waals surface area contributed by atoms with Crippen LogP contribution in [0.15, 0.2) is 24.3 Å². The quantitative estimate of drug-likeness (QED) is 0.376. The summed E-state index contributed by atoms with van der Waals surface area (Å²) in [7, 11) is 1.27. The zero-order valence-corrected chi connectivity index (χ0v) is 20.2. The first kappa shape index (κ1) is 24.5. The molecule has 0 unspecified atom stereocenters. The number of benzene rings is 1. The summed E-state index contributed by atoms with van der Waals surface area (Å²) in [6.45, 7) is 0. The lowest BCUT2D eigenvalue weighted by Gasteiger charge is -2.26. The molecule has 34 heavy (non-hydrogen) atoms. The molecule has 3 atom stereocenters. The second-order valence-corrected chi connectivity index (χ2v) is 10.0. The van der Waals surface area contributed by atoms with Crippen molar-refractivity contribution in [3.05, 3.63) is 35.0 Å². The first-order valence-electron chi connectivity index (χ1n) is 12.1. The zero-order chi connectivity index (χ0) is 24.2. The summed E-state index contributed by atoms with van der Waals surface area (Å²) in [4.78, 5) is 54.2. The van der Waals surface area contributed by atoms with E-state index in [1.54, 1.807) is 12.1 Å². The molecule has 4 rings (SSSR count). The Bertz CT molecular complexity index is 1090. The number of amides is 1. The van der Waals surface area contributed by atoms with E-state index in [4.69, 9.17) is 16.3 Å². The first-order chi connectivity index (χ1) is 16.4. The summed E-state index contributed by atoms with van der Waals surface area (Å²) in [5.74, 6) is -1.34. The molecular weight excluding hydrogens is 456 g/mol. The highest BCUT2D eigenvalue weighted by Crippen LogP contribution is 2.37. The molecule has 2 N–H and O–H groups in total. The van der Waals surface area contributed by atoms with Crippen molar-refractivity contribution in [3.8, 4) is 0 Å². The van der Waals surface area contributed by atoms with Crippen LogP contribution in [-0.2, 0) is 19.1 Å². The highest BCUT2D eigenvalue weighted by Gasteiger charge is 2.35. The van der Waals surface area contributed by atoms with Gasteiger partial charge in [0, 0.05) is 30.1 Å². The maximum absolute atomic E-state index is 13.3. The minimum atomic E-state index is -0.895. The van der Waals surface area contributed by atoms with Gasteiger partial charge in [-0.3, -0.25) is 14.4 Å². The molecule has 2 aliphatic carbocycles. The molecule has 8 heteroatoms. The molecule has 2 saturated carbocycles. The Balaban J connectivity index is 1.46. The number of Topliss-reactive ketones (excluding diaryl/α,β-unsaturated/α-hetero) is 2. The Morgan fingerprint density at radius 2 is 1.97 bits per heavy atom. The van der Waals surface area contributed by atoms with Gasteiger partial charge in [-0.25, -0.2) is 4.79 Å². The van der Waals surface area contributed by atoms with Crippen molar-refractivity contribution in [2.24, 2.45) is 17.8 Å². The molecule has 1 amide bonds. The van der Waals surface area contributed by atoms with Crippen molar-refractivity contribution in [2.75, 3.05) is 7.11 Å². The molecule has 0 bridgehead atoms. The second-order valence-electron chi connectivity index (χ2n) is 9.62. The number of aromatic amines is 1. The standard InChI is InChI=1S/C26H31ClN2O5/c1-34-26(33)21(12-16-5-2-3-8-22(16)30)29-25(32)18(11-15-9-10-15)14-23(31)20-13-17-6-4-7-19(27)24(17)28-20/h4,6-7,13,15-16,18,21,28H,2-3,5,8-12,14H2,1H3,(H,29,32)/t16-,18+,21-/m0/s1. The van der Waals surface area contributed by atoms with Gasteiger partial charge in [-0.2, -0.15) is 0 Å².